The van der Waals surface area contributed by atoms with Gasteiger partial charge in [-0.3, -0.25) is 4.79 Å². The molecule has 1 atom stereocenters. The predicted octanol–water partition coefficient (Wildman–Crippen LogP) is 1.14. The first-order valence-electron chi connectivity index (χ1n) is 7.61. The van der Waals surface area contributed by atoms with E-state index in [1.54, 1.807) is 30.1 Å². The summed E-state index contributed by atoms with van der Waals surface area (Å²) in [5.74, 6) is -0.329. The molecule has 0 amide bonds. The van der Waals surface area contributed by atoms with Gasteiger partial charge in [0, 0.05) is 20.1 Å². The second kappa shape index (κ2) is 6.01. The lowest BCUT2D eigenvalue weighted by molar-refractivity contribution is -0.137. The summed E-state index contributed by atoms with van der Waals surface area (Å²) in [5.41, 5.74) is 0.614. The van der Waals surface area contributed by atoms with Gasteiger partial charge in [-0.25, -0.2) is 8.42 Å². The first-order chi connectivity index (χ1) is 10.9. The number of aliphatic carboxylic acids is 1. The molecule has 126 valence electrons. The molecule has 1 aromatic carbocycles. The van der Waals surface area contributed by atoms with Crippen molar-refractivity contribution in [2.75, 3.05) is 31.6 Å². The van der Waals surface area contributed by atoms with E-state index in [4.69, 9.17) is 9.84 Å². The summed E-state index contributed by atoms with van der Waals surface area (Å²) in [4.78, 5) is 13.0. The summed E-state index contributed by atoms with van der Waals surface area (Å²) >= 11 is 0. The Morgan fingerprint density at radius 2 is 2.04 bits per heavy atom. The monoisotopic (exact) mass is 340 g/mol. The van der Waals surface area contributed by atoms with Gasteiger partial charge in [0.25, 0.3) is 0 Å². The Kier molecular flexibility index (Phi) is 4.20. The molecule has 0 bridgehead atoms. The van der Waals surface area contributed by atoms with Crippen molar-refractivity contribution < 1.29 is 23.1 Å². The predicted molar refractivity (Wildman–Crippen MR) is 84.4 cm³/mol. The number of anilines is 1. The maximum atomic E-state index is 12.7. The van der Waals surface area contributed by atoms with Crippen molar-refractivity contribution in [1.29, 1.82) is 0 Å². The number of hydrogen-bond acceptors (Lipinski definition) is 5. The number of fused-ring (bicyclic) bond motifs is 1. The maximum Gasteiger partial charge on any atom is 0.305 e. The highest BCUT2D eigenvalue weighted by molar-refractivity contribution is 7.89. The third kappa shape index (κ3) is 3.00. The van der Waals surface area contributed by atoms with Crippen LogP contribution in [-0.2, 0) is 14.8 Å². The summed E-state index contributed by atoms with van der Waals surface area (Å²) in [6.07, 6.45) is 1.71. The zero-order chi connectivity index (χ0) is 16.6. The van der Waals surface area contributed by atoms with E-state index in [9.17, 15) is 13.2 Å². The van der Waals surface area contributed by atoms with E-state index >= 15 is 0 Å². The zero-order valence-corrected chi connectivity index (χ0v) is 13.8. The minimum Gasteiger partial charge on any atom is -0.489 e. The van der Waals surface area contributed by atoms with E-state index in [2.05, 4.69) is 0 Å². The smallest absolute Gasteiger partial charge is 0.305 e. The van der Waals surface area contributed by atoms with Gasteiger partial charge in [0.1, 0.15) is 12.4 Å². The van der Waals surface area contributed by atoms with E-state index in [0.717, 1.165) is 12.8 Å². The number of carboxylic acid groups (broad SMARTS) is 1. The lowest BCUT2D eigenvalue weighted by atomic mass is 10.1. The highest BCUT2D eigenvalue weighted by Gasteiger charge is 2.31. The van der Waals surface area contributed by atoms with Crippen molar-refractivity contribution in [2.24, 2.45) is 0 Å². The van der Waals surface area contributed by atoms with Gasteiger partial charge in [-0.05, 0) is 31.0 Å². The van der Waals surface area contributed by atoms with Crippen LogP contribution in [0.4, 0.5) is 5.69 Å². The molecule has 1 fully saturated rings. The Hall–Kier alpha value is -1.80. The van der Waals surface area contributed by atoms with E-state index < -0.39 is 16.0 Å². The molecule has 23 heavy (non-hydrogen) atoms. The summed E-state index contributed by atoms with van der Waals surface area (Å²) in [6.45, 7) is 1.37. The Balaban J connectivity index is 1.92. The van der Waals surface area contributed by atoms with Crippen molar-refractivity contribution in [2.45, 2.75) is 30.2 Å². The average molecular weight is 340 g/mol. The molecule has 1 unspecified atom stereocenters. The molecule has 0 aliphatic carbocycles. The highest BCUT2D eigenvalue weighted by atomic mass is 32.2. The molecule has 1 aromatic rings. The van der Waals surface area contributed by atoms with Crippen LogP contribution in [0.15, 0.2) is 23.1 Å². The van der Waals surface area contributed by atoms with Crippen LogP contribution < -0.4 is 9.64 Å². The van der Waals surface area contributed by atoms with E-state index in [0.29, 0.717) is 24.5 Å². The number of benzene rings is 1. The van der Waals surface area contributed by atoms with Gasteiger partial charge < -0.3 is 14.7 Å². The van der Waals surface area contributed by atoms with Crippen LogP contribution >= 0.6 is 0 Å². The second-order valence-corrected chi connectivity index (χ2v) is 7.85. The summed E-state index contributed by atoms with van der Waals surface area (Å²) in [7, 11) is -1.74. The van der Waals surface area contributed by atoms with Gasteiger partial charge in [0.2, 0.25) is 10.0 Å². The maximum absolute atomic E-state index is 12.7. The molecule has 0 aromatic heterocycles. The van der Waals surface area contributed by atoms with E-state index in [1.165, 1.54) is 4.31 Å². The van der Waals surface area contributed by atoms with Crippen LogP contribution in [0.25, 0.3) is 0 Å². The molecular formula is C15H20N2O5S. The summed E-state index contributed by atoms with van der Waals surface area (Å²) in [5, 5.41) is 8.97. The second-order valence-electron chi connectivity index (χ2n) is 5.91. The van der Waals surface area contributed by atoms with Gasteiger partial charge in [0.15, 0.2) is 0 Å². The van der Waals surface area contributed by atoms with E-state index in [1.807, 2.05) is 0 Å². The number of nitrogens with zero attached hydrogens (tertiary/aromatic N) is 2. The molecule has 0 spiro atoms. The molecule has 8 heteroatoms. The van der Waals surface area contributed by atoms with Crippen LogP contribution in [0.1, 0.15) is 19.3 Å². The fraction of sp³-hybridized carbons (Fsp3) is 0.533. The molecular weight excluding hydrogens is 320 g/mol. The molecule has 2 aliphatic rings. The van der Waals surface area contributed by atoms with Gasteiger partial charge in [0.05, 0.1) is 23.0 Å². The fourth-order valence-corrected chi connectivity index (χ4v) is 4.56. The van der Waals surface area contributed by atoms with Crippen LogP contribution in [-0.4, -0.2) is 56.6 Å². The lowest BCUT2D eigenvalue weighted by Crippen LogP contribution is -2.42. The van der Waals surface area contributed by atoms with Crippen molar-refractivity contribution in [3.8, 4) is 5.75 Å². The summed E-state index contributed by atoms with van der Waals surface area (Å²) < 4.78 is 32.4. The Bertz CT molecular complexity index is 713. The molecule has 3 rings (SSSR count). The molecule has 2 heterocycles. The third-order valence-electron chi connectivity index (χ3n) is 4.40. The van der Waals surface area contributed by atoms with Gasteiger partial charge >= 0.3 is 5.97 Å². The minimum atomic E-state index is -3.50. The number of sulfonamides is 1. The van der Waals surface area contributed by atoms with Crippen molar-refractivity contribution in [1.82, 2.24) is 4.31 Å². The Morgan fingerprint density at radius 3 is 2.70 bits per heavy atom. The van der Waals surface area contributed by atoms with E-state index in [-0.39, 0.29) is 24.0 Å². The number of carbonyl (C=O) groups is 1. The van der Waals surface area contributed by atoms with Crippen LogP contribution in [0.2, 0.25) is 0 Å². The molecule has 0 radical (unpaired) electrons. The summed E-state index contributed by atoms with van der Waals surface area (Å²) in [6, 6.07) is 4.46. The van der Waals surface area contributed by atoms with Gasteiger partial charge in [-0.1, -0.05) is 0 Å². The fourth-order valence-electron chi connectivity index (χ4n) is 3.02. The molecule has 0 saturated carbocycles. The van der Waals surface area contributed by atoms with Crippen LogP contribution in [0.3, 0.4) is 0 Å². The zero-order valence-electron chi connectivity index (χ0n) is 12.9. The third-order valence-corrected chi connectivity index (χ3v) is 6.30. The normalized spacial score (nSPS) is 21.8. The number of rotatable bonds is 4. The van der Waals surface area contributed by atoms with Crippen molar-refractivity contribution in [3.63, 3.8) is 0 Å². The standard InChI is InChI=1S/C15H20N2O5S/c1-16-11(8-15(18)19)10-22-14-5-4-12(9-13(14)16)23(20,21)17-6-2-3-7-17/h4-5,9,11H,2-3,6-8,10H2,1H3,(H,18,19). The number of ether oxygens (including phenoxy) is 1. The van der Waals surface area contributed by atoms with Crippen LogP contribution in [0.5, 0.6) is 5.75 Å². The molecule has 2 aliphatic heterocycles. The van der Waals surface area contributed by atoms with Crippen molar-refractivity contribution >= 4 is 21.7 Å². The minimum absolute atomic E-state index is 0.0565. The highest BCUT2D eigenvalue weighted by Crippen LogP contribution is 2.36. The van der Waals surface area contributed by atoms with Crippen LogP contribution in [0, 0.1) is 0 Å². The largest absolute Gasteiger partial charge is 0.489 e. The first kappa shape index (κ1) is 16.1. The average Bonchev–Trinajstić information content (AvgIpc) is 3.04. The number of likely N-dealkylation sites (N-methyl/N-ethyl adjacent to an activating group) is 1. The first-order valence-corrected chi connectivity index (χ1v) is 9.05. The molecule has 7 nitrogen and oxygen atoms in total. The van der Waals surface area contributed by atoms with Crippen molar-refractivity contribution in [3.05, 3.63) is 18.2 Å². The van der Waals surface area contributed by atoms with Gasteiger partial charge in [-0.15, -0.1) is 0 Å². The lowest BCUT2D eigenvalue weighted by Gasteiger charge is -2.35. The topological polar surface area (TPSA) is 87.2 Å². The molecule has 1 N–H and O–H groups in total. The Labute approximate surface area is 135 Å². The Morgan fingerprint density at radius 1 is 1.35 bits per heavy atom. The number of hydrogen-bond donors (Lipinski definition) is 1. The number of carboxylic acids is 1. The van der Waals surface area contributed by atoms with Gasteiger partial charge in [-0.2, -0.15) is 4.31 Å². The quantitative estimate of drug-likeness (QED) is 0.884. The molecule has 1 saturated heterocycles. The SMILES string of the molecule is CN1c2cc(S(=O)(=O)N3CCCC3)ccc2OCC1CC(=O)O.